The highest BCUT2D eigenvalue weighted by molar-refractivity contribution is 5.56. The van der Waals surface area contributed by atoms with Crippen LogP contribution in [0.25, 0.3) is 11.3 Å². The number of hydrogen-bond acceptors (Lipinski definition) is 6. The summed E-state index contributed by atoms with van der Waals surface area (Å²) in [5.41, 5.74) is 1.36. The van der Waals surface area contributed by atoms with Gasteiger partial charge in [-0.05, 0) is 5.16 Å². The molecular formula is C7H6N4O2. The van der Waals surface area contributed by atoms with E-state index in [4.69, 9.17) is 4.74 Å². The van der Waals surface area contributed by atoms with E-state index in [0.717, 1.165) is 5.56 Å². The molecule has 0 aliphatic carbocycles. The Labute approximate surface area is 73.5 Å². The Morgan fingerprint density at radius 2 is 2.31 bits per heavy atom. The molecule has 0 bridgehead atoms. The Kier molecular flexibility index (Phi) is 1.87. The number of aromatic nitrogens is 4. The van der Waals surface area contributed by atoms with Crippen molar-refractivity contribution in [3.63, 3.8) is 0 Å². The van der Waals surface area contributed by atoms with Crippen molar-refractivity contribution in [1.29, 1.82) is 0 Å². The molecule has 0 amide bonds. The highest BCUT2D eigenvalue weighted by atomic mass is 16.6. The zero-order valence-corrected chi connectivity index (χ0v) is 6.84. The van der Waals surface area contributed by atoms with Crippen molar-refractivity contribution in [2.45, 2.75) is 0 Å². The van der Waals surface area contributed by atoms with Crippen LogP contribution in [-0.4, -0.2) is 27.6 Å². The van der Waals surface area contributed by atoms with Gasteiger partial charge in [-0.25, -0.2) is 4.63 Å². The van der Waals surface area contributed by atoms with E-state index in [0.29, 0.717) is 11.6 Å². The zero-order valence-electron chi connectivity index (χ0n) is 6.84. The molecule has 0 aliphatic heterocycles. The van der Waals surface area contributed by atoms with E-state index < -0.39 is 0 Å². The molecule has 13 heavy (non-hydrogen) atoms. The van der Waals surface area contributed by atoms with Crippen LogP contribution in [0.15, 0.2) is 23.1 Å². The summed E-state index contributed by atoms with van der Waals surface area (Å²) in [5, 5.41) is 14.6. The van der Waals surface area contributed by atoms with Crippen molar-refractivity contribution in [2.75, 3.05) is 7.11 Å². The highest BCUT2D eigenvalue weighted by Gasteiger charge is 2.04. The monoisotopic (exact) mass is 178 g/mol. The quantitative estimate of drug-likeness (QED) is 0.667. The van der Waals surface area contributed by atoms with Gasteiger partial charge in [-0.15, -0.1) is 5.10 Å². The van der Waals surface area contributed by atoms with Gasteiger partial charge < -0.3 is 4.74 Å². The van der Waals surface area contributed by atoms with Crippen LogP contribution >= 0.6 is 0 Å². The Morgan fingerprint density at radius 3 is 3.00 bits per heavy atom. The average molecular weight is 178 g/mol. The van der Waals surface area contributed by atoms with Gasteiger partial charge in [0.05, 0.1) is 19.5 Å². The van der Waals surface area contributed by atoms with E-state index in [1.165, 1.54) is 13.3 Å². The van der Waals surface area contributed by atoms with E-state index in [2.05, 4.69) is 25.1 Å². The van der Waals surface area contributed by atoms with E-state index in [1.54, 1.807) is 12.3 Å². The Hall–Kier alpha value is -1.98. The van der Waals surface area contributed by atoms with Crippen molar-refractivity contribution >= 4 is 0 Å². The van der Waals surface area contributed by atoms with Crippen molar-refractivity contribution in [3.8, 4) is 17.1 Å². The molecule has 0 saturated carbocycles. The van der Waals surface area contributed by atoms with Gasteiger partial charge in [0, 0.05) is 11.6 Å². The first-order valence-corrected chi connectivity index (χ1v) is 3.55. The number of nitrogens with zero attached hydrogens (tertiary/aromatic N) is 4. The third kappa shape index (κ3) is 1.46. The third-order valence-corrected chi connectivity index (χ3v) is 1.50. The molecule has 66 valence electrons. The van der Waals surface area contributed by atoms with Crippen LogP contribution in [0.3, 0.4) is 0 Å². The van der Waals surface area contributed by atoms with Crippen LogP contribution in [0.5, 0.6) is 5.88 Å². The molecule has 0 spiro atoms. The molecule has 0 unspecified atom stereocenters. The van der Waals surface area contributed by atoms with Crippen LogP contribution in [0.4, 0.5) is 0 Å². The standard InChI is InChI=1S/C7H6N4O2/c1-12-7-2-5(3-8-10-7)6-4-9-13-11-6/h2-4H,1H3. The lowest BCUT2D eigenvalue weighted by molar-refractivity contribution is 0.308. The second kappa shape index (κ2) is 3.18. The van der Waals surface area contributed by atoms with E-state index in [1.807, 2.05) is 0 Å². The predicted octanol–water partition coefficient (Wildman–Crippen LogP) is 0.535. The first-order valence-electron chi connectivity index (χ1n) is 3.55. The first kappa shape index (κ1) is 7.66. The Balaban J connectivity index is 2.41. The van der Waals surface area contributed by atoms with Crippen molar-refractivity contribution in [3.05, 3.63) is 18.5 Å². The van der Waals surface area contributed by atoms with Gasteiger partial charge in [-0.1, -0.05) is 5.16 Å². The van der Waals surface area contributed by atoms with Gasteiger partial charge >= 0.3 is 0 Å². The molecule has 2 aromatic rings. The summed E-state index contributed by atoms with van der Waals surface area (Å²) in [6.07, 6.45) is 3.05. The van der Waals surface area contributed by atoms with Crippen molar-refractivity contribution in [2.24, 2.45) is 0 Å². The number of methoxy groups -OCH3 is 1. The van der Waals surface area contributed by atoms with Gasteiger partial charge in [0.25, 0.3) is 0 Å². The minimum Gasteiger partial charge on any atom is -0.480 e. The minimum atomic E-state index is 0.431. The molecule has 2 heterocycles. The number of rotatable bonds is 2. The lowest BCUT2D eigenvalue weighted by Gasteiger charge is -1.97. The zero-order chi connectivity index (χ0) is 9.10. The summed E-state index contributed by atoms with van der Waals surface area (Å²) < 4.78 is 9.35. The third-order valence-electron chi connectivity index (χ3n) is 1.50. The second-order valence-corrected chi connectivity index (χ2v) is 2.28. The maximum atomic E-state index is 4.90. The molecule has 0 atom stereocenters. The lowest BCUT2D eigenvalue weighted by atomic mass is 10.2. The first-order chi connectivity index (χ1) is 6.40. The topological polar surface area (TPSA) is 73.9 Å². The minimum absolute atomic E-state index is 0.431. The molecule has 0 N–H and O–H groups in total. The Bertz CT molecular complexity index is 387. The van der Waals surface area contributed by atoms with Crippen molar-refractivity contribution < 1.29 is 9.37 Å². The summed E-state index contributed by atoms with van der Waals surface area (Å²) >= 11 is 0. The van der Waals surface area contributed by atoms with E-state index >= 15 is 0 Å². The van der Waals surface area contributed by atoms with Crippen LogP contribution < -0.4 is 4.74 Å². The summed E-state index contributed by atoms with van der Waals surface area (Å²) in [7, 11) is 1.52. The largest absolute Gasteiger partial charge is 0.480 e. The predicted molar refractivity (Wildman–Crippen MR) is 41.9 cm³/mol. The second-order valence-electron chi connectivity index (χ2n) is 2.28. The molecule has 2 aromatic heterocycles. The number of ether oxygens (including phenoxy) is 1. The summed E-state index contributed by atoms with van der Waals surface area (Å²) in [6, 6.07) is 1.70. The van der Waals surface area contributed by atoms with Crippen LogP contribution in [0, 0.1) is 0 Å². The van der Waals surface area contributed by atoms with E-state index in [-0.39, 0.29) is 0 Å². The lowest BCUT2D eigenvalue weighted by Crippen LogP contribution is -1.90. The van der Waals surface area contributed by atoms with Gasteiger partial charge in [0.1, 0.15) is 5.69 Å². The molecule has 0 aliphatic rings. The van der Waals surface area contributed by atoms with Crippen molar-refractivity contribution in [1.82, 2.24) is 20.5 Å². The molecule has 6 nitrogen and oxygen atoms in total. The smallest absolute Gasteiger partial charge is 0.233 e. The van der Waals surface area contributed by atoms with Crippen LogP contribution in [-0.2, 0) is 0 Å². The summed E-state index contributed by atoms with van der Waals surface area (Å²) in [4.78, 5) is 0. The maximum absolute atomic E-state index is 4.90. The molecule has 0 saturated heterocycles. The van der Waals surface area contributed by atoms with Crippen LogP contribution in [0.1, 0.15) is 0 Å². The summed E-state index contributed by atoms with van der Waals surface area (Å²) in [6.45, 7) is 0. The normalized spacial score (nSPS) is 9.92. The van der Waals surface area contributed by atoms with Gasteiger partial charge in [0.2, 0.25) is 5.88 Å². The average Bonchev–Trinajstić information content (AvgIpc) is 2.71. The fourth-order valence-electron chi connectivity index (χ4n) is 0.879. The number of hydrogen-bond donors (Lipinski definition) is 0. The fraction of sp³-hybridized carbons (Fsp3) is 0.143. The van der Waals surface area contributed by atoms with Crippen LogP contribution in [0.2, 0.25) is 0 Å². The molecule has 6 heteroatoms. The SMILES string of the molecule is COc1cc(-c2cnon2)cnn1. The summed E-state index contributed by atoms with van der Waals surface area (Å²) in [5.74, 6) is 0.431. The van der Waals surface area contributed by atoms with E-state index in [9.17, 15) is 0 Å². The molecular weight excluding hydrogens is 172 g/mol. The maximum Gasteiger partial charge on any atom is 0.233 e. The molecule has 0 fully saturated rings. The highest BCUT2D eigenvalue weighted by Crippen LogP contribution is 2.17. The fourth-order valence-corrected chi connectivity index (χ4v) is 0.879. The molecule has 0 aromatic carbocycles. The van der Waals surface area contributed by atoms with Gasteiger partial charge in [-0.3, -0.25) is 0 Å². The van der Waals surface area contributed by atoms with Gasteiger partial charge in [-0.2, -0.15) is 5.10 Å². The molecule has 2 rings (SSSR count). The Morgan fingerprint density at radius 1 is 1.38 bits per heavy atom. The van der Waals surface area contributed by atoms with Gasteiger partial charge in [0.15, 0.2) is 0 Å². The molecule has 0 radical (unpaired) electrons.